The first kappa shape index (κ1) is 25.8. The lowest BCUT2D eigenvalue weighted by molar-refractivity contribution is 1.23. The predicted molar refractivity (Wildman–Crippen MR) is 210 cm³/mol. The Bertz CT molecular complexity index is 3200. The summed E-state index contributed by atoms with van der Waals surface area (Å²) in [6.45, 7) is 0. The minimum atomic E-state index is 1.04. The van der Waals surface area contributed by atoms with Gasteiger partial charge in [0, 0.05) is 88.3 Å². The maximum absolute atomic E-state index is 5.05. The standard InChI is InChI=1S/C42H22N6S2/c1-2-24-10-14-46-28-6-8-36-32(18-28)34-20-30(22-44-42(34)50-36)48-16-12-26-4-3-25-11-15-47(39(25)40(26)48)29-19-33-31-17-27(5-7-35(31)49-41(33)43-21-29)45-13-9-23(1)37(45)38(24)46/h1-22H. The lowest BCUT2D eigenvalue weighted by Gasteiger charge is -2.05. The molecule has 13 aromatic rings. The summed E-state index contributed by atoms with van der Waals surface area (Å²) in [4.78, 5) is 12.2. The summed E-state index contributed by atoms with van der Waals surface area (Å²) in [6, 6.07) is 36.1. The fourth-order valence-electron chi connectivity index (χ4n) is 8.39. The highest BCUT2D eigenvalue weighted by molar-refractivity contribution is 7.25. The Kier molecular flexibility index (Phi) is 4.57. The number of benzene rings is 4. The van der Waals surface area contributed by atoms with Crippen molar-refractivity contribution in [2.24, 2.45) is 0 Å². The first-order valence-corrected chi connectivity index (χ1v) is 18.3. The molecule has 0 fully saturated rings. The monoisotopic (exact) mass is 674 g/mol. The normalized spacial score (nSPS) is 12.8. The first-order chi connectivity index (χ1) is 24.7. The Morgan fingerprint density at radius 3 is 1.12 bits per heavy atom. The van der Waals surface area contributed by atoms with Crippen molar-refractivity contribution in [3.05, 3.63) is 134 Å². The van der Waals surface area contributed by atoms with Crippen molar-refractivity contribution < 1.29 is 0 Å². The molecule has 6 nitrogen and oxygen atoms in total. The minimum absolute atomic E-state index is 1.04. The van der Waals surface area contributed by atoms with Crippen LogP contribution in [-0.4, -0.2) is 27.6 Å². The third-order valence-electron chi connectivity index (χ3n) is 10.7. The van der Waals surface area contributed by atoms with Crippen LogP contribution in [0.1, 0.15) is 0 Å². The van der Waals surface area contributed by atoms with Crippen molar-refractivity contribution >= 4 is 129 Å². The van der Waals surface area contributed by atoms with E-state index in [1.54, 1.807) is 22.7 Å². The number of pyridine rings is 2. The van der Waals surface area contributed by atoms with Crippen molar-refractivity contribution in [2.45, 2.75) is 0 Å². The molecule has 4 aromatic carbocycles. The van der Waals surface area contributed by atoms with Gasteiger partial charge >= 0.3 is 0 Å². The van der Waals surface area contributed by atoms with Gasteiger partial charge in [0.1, 0.15) is 9.66 Å². The third kappa shape index (κ3) is 3.18. The van der Waals surface area contributed by atoms with E-state index in [9.17, 15) is 0 Å². The van der Waals surface area contributed by atoms with E-state index in [1.807, 2.05) is 12.4 Å². The van der Waals surface area contributed by atoms with E-state index in [0.717, 1.165) is 42.8 Å². The van der Waals surface area contributed by atoms with E-state index in [-0.39, 0.29) is 0 Å². The van der Waals surface area contributed by atoms with E-state index in [1.165, 1.54) is 63.5 Å². The van der Waals surface area contributed by atoms with E-state index in [2.05, 4.69) is 139 Å². The highest BCUT2D eigenvalue weighted by Crippen LogP contribution is 2.38. The maximum atomic E-state index is 5.05. The Morgan fingerprint density at radius 2 is 0.720 bits per heavy atom. The van der Waals surface area contributed by atoms with Gasteiger partial charge in [-0.25, -0.2) is 9.97 Å². The molecule has 0 unspecified atom stereocenters. The Balaban J connectivity index is 1.32. The zero-order valence-corrected chi connectivity index (χ0v) is 27.8. The molecule has 232 valence electrons. The molecule has 0 aliphatic heterocycles. The third-order valence-corrected chi connectivity index (χ3v) is 12.9. The van der Waals surface area contributed by atoms with Gasteiger partial charge in [-0.3, -0.25) is 0 Å². The molecule has 0 spiro atoms. The molecule has 0 saturated heterocycles. The van der Waals surface area contributed by atoms with Gasteiger partial charge in [-0.2, -0.15) is 0 Å². The molecular weight excluding hydrogens is 653 g/mol. The fourth-order valence-corrected chi connectivity index (χ4v) is 10.4. The van der Waals surface area contributed by atoms with Crippen LogP contribution >= 0.6 is 22.7 Å². The number of thiophene rings is 2. The van der Waals surface area contributed by atoms with Crippen LogP contribution < -0.4 is 0 Å². The van der Waals surface area contributed by atoms with Crippen molar-refractivity contribution in [2.75, 3.05) is 0 Å². The molecule has 8 bridgehead atoms. The van der Waals surface area contributed by atoms with Gasteiger partial charge in [-0.15, -0.1) is 22.7 Å². The molecule has 9 aromatic heterocycles. The Labute approximate surface area is 289 Å². The number of nitrogens with zero attached hydrogens (tertiary/aromatic N) is 6. The quantitative estimate of drug-likeness (QED) is 0.161. The number of hydrogen-bond acceptors (Lipinski definition) is 4. The average Bonchev–Trinajstić information content (AvgIpc) is 4.00. The zero-order valence-electron chi connectivity index (χ0n) is 26.2. The molecular formula is C42H22N6S2. The SMILES string of the molecule is c1cc2ccn3c4ccc5sc6ncc(cc6c5c4)n4ccc5ccc6ccn(c7cnc8sc9ccc(cc9c8c7)n7ccc1c7c23)c6c54. The van der Waals surface area contributed by atoms with E-state index in [4.69, 9.17) is 9.97 Å². The smallest absolute Gasteiger partial charge is 0.124 e. The van der Waals surface area contributed by atoms with E-state index < -0.39 is 0 Å². The first-order valence-electron chi connectivity index (χ1n) is 16.6. The van der Waals surface area contributed by atoms with Gasteiger partial charge in [0.2, 0.25) is 0 Å². The van der Waals surface area contributed by atoms with Gasteiger partial charge in [-0.1, -0.05) is 24.3 Å². The second-order valence-electron chi connectivity index (χ2n) is 13.3. The predicted octanol–water partition coefficient (Wildman–Crippen LogP) is 11.4. The molecule has 8 heteroatoms. The Hall–Kier alpha value is -6.22. The molecule has 0 radical (unpaired) electrons. The van der Waals surface area contributed by atoms with Crippen LogP contribution in [0.3, 0.4) is 0 Å². The van der Waals surface area contributed by atoms with E-state index >= 15 is 0 Å². The van der Waals surface area contributed by atoms with Gasteiger partial charge in [0.15, 0.2) is 0 Å². The molecule has 50 heavy (non-hydrogen) atoms. The van der Waals surface area contributed by atoms with Crippen molar-refractivity contribution in [3.63, 3.8) is 0 Å². The molecule has 0 aliphatic rings. The summed E-state index contributed by atoms with van der Waals surface area (Å²) >= 11 is 3.50. The average molecular weight is 675 g/mol. The molecule has 13 rings (SSSR count). The van der Waals surface area contributed by atoms with Crippen LogP contribution in [0.5, 0.6) is 0 Å². The van der Waals surface area contributed by atoms with Gasteiger partial charge < -0.3 is 17.6 Å². The van der Waals surface area contributed by atoms with Gasteiger partial charge in [0.25, 0.3) is 0 Å². The van der Waals surface area contributed by atoms with Crippen LogP contribution in [0.2, 0.25) is 0 Å². The largest absolute Gasteiger partial charge is 0.315 e. The highest BCUT2D eigenvalue weighted by atomic mass is 32.1. The van der Waals surface area contributed by atoms with Gasteiger partial charge in [0.05, 0.1) is 45.5 Å². The summed E-state index contributed by atoms with van der Waals surface area (Å²) in [7, 11) is 0. The summed E-state index contributed by atoms with van der Waals surface area (Å²) < 4.78 is 11.8. The summed E-state index contributed by atoms with van der Waals surface area (Å²) in [5, 5.41) is 9.56. The van der Waals surface area contributed by atoms with Crippen LogP contribution in [0.15, 0.2) is 134 Å². The van der Waals surface area contributed by atoms with Gasteiger partial charge in [-0.05, 0) is 72.8 Å². The van der Waals surface area contributed by atoms with Crippen LogP contribution in [-0.2, 0) is 0 Å². The summed E-state index contributed by atoms with van der Waals surface area (Å²) in [5.41, 5.74) is 9.06. The molecule has 0 saturated carbocycles. The van der Waals surface area contributed by atoms with E-state index in [0.29, 0.717) is 0 Å². The van der Waals surface area contributed by atoms with Crippen LogP contribution in [0.4, 0.5) is 0 Å². The van der Waals surface area contributed by atoms with Crippen molar-refractivity contribution in [3.8, 4) is 0 Å². The number of fused-ring (bicyclic) bond motifs is 8. The van der Waals surface area contributed by atoms with Crippen molar-refractivity contribution in [1.29, 1.82) is 0 Å². The summed E-state index contributed by atoms with van der Waals surface area (Å²) in [5.74, 6) is 0. The molecule has 0 amide bonds. The maximum Gasteiger partial charge on any atom is 0.124 e. The Morgan fingerprint density at radius 1 is 0.360 bits per heavy atom. The lowest BCUT2D eigenvalue weighted by Crippen LogP contribution is -1.90. The number of hydrogen-bond donors (Lipinski definition) is 0. The molecule has 0 atom stereocenters. The lowest BCUT2D eigenvalue weighted by atomic mass is 10.1. The zero-order chi connectivity index (χ0) is 32.2. The van der Waals surface area contributed by atoms with Crippen molar-refractivity contribution in [1.82, 2.24) is 27.6 Å². The topological polar surface area (TPSA) is 43.4 Å². The minimum Gasteiger partial charge on any atom is -0.315 e. The number of rotatable bonds is 0. The molecule has 0 N–H and O–H groups in total. The summed E-state index contributed by atoms with van der Waals surface area (Å²) in [6.07, 6.45) is 12.8. The second kappa shape index (κ2) is 8.87. The second-order valence-corrected chi connectivity index (χ2v) is 15.3. The highest BCUT2D eigenvalue weighted by Gasteiger charge is 2.15. The molecule has 0 aliphatic carbocycles. The molecule has 9 heterocycles. The van der Waals surface area contributed by atoms with Crippen LogP contribution in [0, 0.1) is 0 Å². The fraction of sp³-hybridized carbons (Fsp3) is 0. The number of aromatic nitrogens is 6. The van der Waals surface area contributed by atoms with Crippen LogP contribution in [0.25, 0.3) is 106 Å².